The lowest BCUT2D eigenvalue weighted by molar-refractivity contribution is -0.149. The van der Waals surface area contributed by atoms with Crippen molar-refractivity contribution < 1.29 is 9.53 Å². The highest BCUT2D eigenvalue weighted by atomic mass is 16.5. The molecule has 1 aliphatic carbocycles. The molecular weight excluding hydrogens is 228 g/mol. The number of hydrogen-bond acceptors (Lipinski definition) is 4. The van der Waals surface area contributed by atoms with Crippen molar-refractivity contribution in [3.63, 3.8) is 0 Å². The van der Waals surface area contributed by atoms with Crippen molar-refractivity contribution >= 4 is 5.97 Å². The topological polar surface area (TPSA) is 50.4 Å². The van der Waals surface area contributed by atoms with E-state index in [1.165, 1.54) is 19.3 Å². The van der Waals surface area contributed by atoms with Crippen molar-refractivity contribution in [2.75, 3.05) is 6.54 Å². The molecule has 0 amide bonds. The number of carbonyl (C=O) groups excluding carboxylic acids is 1. The van der Waals surface area contributed by atoms with Crippen LogP contribution in [0.1, 0.15) is 52.4 Å². The van der Waals surface area contributed by atoms with Crippen molar-refractivity contribution in [1.29, 1.82) is 0 Å². The maximum atomic E-state index is 11.7. The van der Waals surface area contributed by atoms with Gasteiger partial charge in [0.25, 0.3) is 0 Å². The molecule has 0 radical (unpaired) electrons. The summed E-state index contributed by atoms with van der Waals surface area (Å²) in [5, 5.41) is 6.96. The third kappa shape index (κ3) is 3.95. The molecule has 2 aliphatic rings. The van der Waals surface area contributed by atoms with Gasteiger partial charge in [-0.2, -0.15) is 0 Å². The Morgan fingerprint density at radius 3 is 2.72 bits per heavy atom. The molecule has 4 heteroatoms. The van der Waals surface area contributed by atoms with Gasteiger partial charge in [0.05, 0.1) is 6.10 Å². The number of nitrogens with one attached hydrogen (secondary N) is 2. The smallest absolute Gasteiger partial charge is 0.323 e. The van der Waals surface area contributed by atoms with E-state index in [-0.39, 0.29) is 18.1 Å². The first-order chi connectivity index (χ1) is 8.65. The normalized spacial score (nSPS) is 28.4. The second-order valence-corrected chi connectivity index (χ2v) is 5.85. The van der Waals surface area contributed by atoms with Crippen molar-refractivity contribution in [2.24, 2.45) is 0 Å². The van der Waals surface area contributed by atoms with Crippen LogP contribution in [0.25, 0.3) is 0 Å². The van der Waals surface area contributed by atoms with Crippen LogP contribution in [0.2, 0.25) is 0 Å². The van der Waals surface area contributed by atoms with E-state index in [9.17, 15) is 4.79 Å². The fourth-order valence-electron chi connectivity index (χ4n) is 2.62. The van der Waals surface area contributed by atoms with Gasteiger partial charge in [0.1, 0.15) is 6.04 Å². The lowest BCUT2D eigenvalue weighted by atomic mass is 9.93. The van der Waals surface area contributed by atoms with E-state index < -0.39 is 0 Å². The highest BCUT2D eigenvalue weighted by Crippen LogP contribution is 2.19. The van der Waals surface area contributed by atoms with Gasteiger partial charge in [0.2, 0.25) is 0 Å². The van der Waals surface area contributed by atoms with E-state index in [0.717, 1.165) is 31.8 Å². The summed E-state index contributed by atoms with van der Waals surface area (Å²) in [7, 11) is 0. The summed E-state index contributed by atoms with van der Waals surface area (Å²) in [6, 6.07) is 1.15. The molecule has 18 heavy (non-hydrogen) atoms. The first-order valence-corrected chi connectivity index (χ1v) is 7.35. The molecule has 0 aromatic carbocycles. The third-order valence-electron chi connectivity index (χ3n) is 3.91. The van der Waals surface area contributed by atoms with Crippen LogP contribution < -0.4 is 10.6 Å². The first-order valence-electron chi connectivity index (χ1n) is 7.35. The molecule has 2 rings (SSSR count). The molecule has 1 saturated heterocycles. The van der Waals surface area contributed by atoms with Crippen LogP contribution >= 0.6 is 0 Å². The minimum atomic E-state index is -0.0838. The zero-order valence-corrected chi connectivity index (χ0v) is 11.6. The lowest BCUT2D eigenvalue weighted by Crippen LogP contribution is -2.40. The standard InChI is InChI=1S/C14H26N2O2/c1-10(2)18-14(17)13-7-6-12(16-13)8-9-15-11-4-3-5-11/h10-13,15-16H,3-9H2,1-2H3. The fourth-order valence-corrected chi connectivity index (χ4v) is 2.62. The fraction of sp³-hybridized carbons (Fsp3) is 0.929. The van der Waals surface area contributed by atoms with E-state index in [0.29, 0.717) is 6.04 Å². The van der Waals surface area contributed by atoms with Gasteiger partial charge in [-0.15, -0.1) is 0 Å². The molecule has 2 fully saturated rings. The van der Waals surface area contributed by atoms with Crippen LogP contribution in [-0.2, 0) is 9.53 Å². The highest BCUT2D eigenvalue weighted by Gasteiger charge is 2.30. The van der Waals surface area contributed by atoms with Gasteiger partial charge in [-0.25, -0.2) is 0 Å². The predicted molar refractivity (Wildman–Crippen MR) is 71.4 cm³/mol. The van der Waals surface area contributed by atoms with E-state index >= 15 is 0 Å². The summed E-state index contributed by atoms with van der Waals surface area (Å²) in [6.45, 7) is 4.86. The Morgan fingerprint density at radius 1 is 1.33 bits per heavy atom. The SMILES string of the molecule is CC(C)OC(=O)C1CCC(CCNC2CCC2)N1. The Labute approximate surface area is 110 Å². The quantitative estimate of drug-likeness (QED) is 0.707. The van der Waals surface area contributed by atoms with E-state index in [1.807, 2.05) is 13.8 Å². The van der Waals surface area contributed by atoms with Crippen LogP contribution in [0.4, 0.5) is 0 Å². The number of carbonyl (C=O) groups is 1. The highest BCUT2D eigenvalue weighted by molar-refractivity contribution is 5.76. The van der Waals surface area contributed by atoms with E-state index in [4.69, 9.17) is 4.74 Å². The zero-order valence-electron chi connectivity index (χ0n) is 11.6. The van der Waals surface area contributed by atoms with Crippen molar-refractivity contribution in [1.82, 2.24) is 10.6 Å². The van der Waals surface area contributed by atoms with Gasteiger partial charge < -0.3 is 15.4 Å². The molecule has 2 unspecified atom stereocenters. The summed E-state index contributed by atoms with van der Waals surface area (Å²) in [5.41, 5.74) is 0. The van der Waals surface area contributed by atoms with E-state index in [1.54, 1.807) is 0 Å². The number of ether oxygens (including phenoxy) is 1. The van der Waals surface area contributed by atoms with Gasteiger partial charge in [-0.05, 0) is 52.5 Å². The summed E-state index contributed by atoms with van der Waals surface area (Å²) in [5.74, 6) is -0.0838. The molecular formula is C14H26N2O2. The van der Waals surface area contributed by atoms with Gasteiger partial charge in [-0.3, -0.25) is 4.79 Å². The molecule has 4 nitrogen and oxygen atoms in total. The maximum absolute atomic E-state index is 11.7. The molecule has 2 atom stereocenters. The molecule has 1 heterocycles. The Kier molecular flexibility index (Phi) is 5.01. The Balaban J connectivity index is 1.60. The Morgan fingerprint density at radius 2 is 2.11 bits per heavy atom. The first kappa shape index (κ1) is 13.8. The summed E-state index contributed by atoms with van der Waals surface area (Å²) < 4.78 is 5.23. The van der Waals surface area contributed by atoms with Gasteiger partial charge in [-0.1, -0.05) is 6.42 Å². The summed E-state index contributed by atoms with van der Waals surface area (Å²) in [6.07, 6.45) is 7.15. The largest absolute Gasteiger partial charge is 0.462 e. The second kappa shape index (κ2) is 6.53. The monoisotopic (exact) mass is 254 g/mol. The summed E-state index contributed by atoms with van der Waals surface area (Å²) in [4.78, 5) is 11.7. The van der Waals surface area contributed by atoms with Crippen LogP contribution in [0.5, 0.6) is 0 Å². The molecule has 0 bridgehead atoms. The maximum Gasteiger partial charge on any atom is 0.323 e. The molecule has 2 N–H and O–H groups in total. The molecule has 0 spiro atoms. The average Bonchev–Trinajstić information content (AvgIpc) is 2.69. The van der Waals surface area contributed by atoms with Crippen molar-refractivity contribution in [2.45, 2.75) is 76.6 Å². The molecule has 0 aromatic rings. The van der Waals surface area contributed by atoms with Crippen LogP contribution in [0.3, 0.4) is 0 Å². The van der Waals surface area contributed by atoms with Gasteiger partial charge >= 0.3 is 5.97 Å². The summed E-state index contributed by atoms with van der Waals surface area (Å²) >= 11 is 0. The van der Waals surface area contributed by atoms with Crippen LogP contribution in [-0.4, -0.2) is 36.7 Å². The number of esters is 1. The average molecular weight is 254 g/mol. The molecule has 0 aromatic heterocycles. The molecule has 1 aliphatic heterocycles. The second-order valence-electron chi connectivity index (χ2n) is 5.85. The minimum absolute atomic E-state index is 0.0152. The number of rotatable bonds is 6. The van der Waals surface area contributed by atoms with Gasteiger partial charge in [0, 0.05) is 12.1 Å². The molecule has 104 valence electrons. The lowest BCUT2D eigenvalue weighted by Gasteiger charge is -2.27. The predicted octanol–water partition coefficient (Wildman–Crippen LogP) is 1.59. The van der Waals surface area contributed by atoms with Gasteiger partial charge in [0.15, 0.2) is 0 Å². The van der Waals surface area contributed by atoms with Crippen LogP contribution in [0, 0.1) is 0 Å². The van der Waals surface area contributed by atoms with Crippen LogP contribution in [0.15, 0.2) is 0 Å². The zero-order chi connectivity index (χ0) is 13.0. The molecule has 1 saturated carbocycles. The van der Waals surface area contributed by atoms with Crippen molar-refractivity contribution in [3.05, 3.63) is 0 Å². The minimum Gasteiger partial charge on any atom is -0.462 e. The number of hydrogen-bond donors (Lipinski definition) is 2. The van der Waals surface area contributed by atoms with Crippen molar-refractivity contribution in [3.8, 4) is 0 Å². The Hall–Kier alpha value is -0.610. The van der Waals surface area contributed by atoms with E-state index in [2.05, 4.69) is 10.6 Å². The Bertz CT molecular complexity index is 277. The third-order valence-corrected chi connectivity index (χ3v) is 3.91.